The molecule has 1 N–H and O–H groups in total. The lowest BCUT2D eigenvalue weighted by Gasteiger charge is -2.34. The number of aryl methyl sites for hydroxylation is 1. The number of benzene rings is 2. The van der Waals surface area contributed by atoms with Gasteiger partial charge in [0.15, 0.2) is 0 Å². The van der Waals surface area contributed by atoms with Gasteiger partial charge in [-0.3, -0.25) is 13.9 Å². The van der Waals surface area contributed by atoms with Gasteiger partial charge in [-0.25, -0.2) is 8.42 Å². The van der Waals surface area contributed by atoms with Crippen LogP contribution in [0.1, 0.15) is 45.2 Å². The zero-order valence-electron chi connectivity index (χ0n) is 20.6. The van der Waals surface area contributed by atoms with Crippen molar-refractivity contribution in [2.24, 2.45) is 0 Å². The Hall–Kier alpha value is -2.58. The molecule has 1 atom stereocenters. The average molecular weight is 508 g/mol. The Morgan fingerprint density at radius 2 is 1.65 bits per heavy atom. The molecule has 0 radical (unpaired) electrons. The van der Waals surface area contributed by atoms with Crippen LogP contribution in [0.3, 0.4) is 0 Å². The third-order valence-electron chi connectivity index (χ3n) is 5.28. The van der Waals surface area contributed by atoms with Crippen molar-refractivity contribution in [3.63, 3.8) is 0 Å². The van der Waals surface area contributed by atoms with Crippen LogP contribution in [0.5, 0.6) is 0 Å². The highest BCUT2D eigenvalue weighted by atomic mass is 35.5. The molecule has 0 fully saturated rings. The van der Waals surface area contributed by atoms with Gasteiger partial charge in [-0.15, -0.1) is 0 Å². The largest absolute Gasteiger partial charge is 0.350 e. The summed E-state index contributed by atoms with van der Waals surface area (Å²) in [7, 11) is -3.78. The molecule has 2 amide bonds. The fourth-order valence-electron chi connectivity index (χ4n) is 3.56. The fourth-order valence-corrected chi connectivity index (χ4v) is 4.54. The first kappa shape index (κ1) is 27.7. The van der Waals surface area contributed by atoms with Crippen LogP contribution in [0.25, 0.3) is 0 Å². The lowest BCUT2D eigenvalue weighted by atomic mass is 10.0. The molecule has 2 aromatic carbocycles. The minimum absolute atomic E-state index is 0.180. The predicted octanol–water partition coefficient (Wildman–Crippen LogP) is 4.14. The van der Waals surface area contributed by atoms with Crippen LogP contribution in [-0.2, 0) is 26.2 Å². The molecular formula is C25H34ClN3O4S. The standard InChI is InChI=1S/C25H34ClN3O4S/c1-7-22(24(31)27-25(3,4)5)28(16-19-11-9-8-10-18(19)2)23(30)17-29(34(6,32)33)21-14-12-20(26)13-15-21/h8-15,22H,7,16-17H2,1-6H3,(H,27,31). The molecule has 0 spiro atoms. The zero-order valence-corrected chi connectivity index (χ0v) is 22.2. The van der Waals surface area contributed by atoms with E-state index in [2.05, 4.69) is 5.32 Å². The molecule has 1 unspecified atom stereocenters. The van der Waals surface area contributed by atoms with Crippen LogP contribution < -0.4 is 9.62 Å². The van der Waals surface area contributed by atoms with E-state index >= 15 is 0 Å². The number of hydrogen-bond acceptors (Lipinski definition) is 4. The van der Waals surface area contributed by atoms with Gasteiger partial charge in [-0.1, -0.05) is 42.8 Å². The van der Waals surface area contributed by atoms with Crippen LogP contribution in [0.15, 0.2) is 48.5 Å². The van der Waals surface area contributed by atoms with Gasteiger partial charge in [0.05, 0.1) is 11.9 Å². The molecule has 2 aromatic rings. The molecule has 0 saturated carbocycles. The van der Waals surface area contributed by atoms with Crippen LogP contribution in [-0.4, -0.2) is 49.5 Å². The highest BCUT2D eigenvalue weighted by molar-refractivity contribution is 7.92. The molecule has 0 aliphatic rings. The Labute approximate surface area is 208 Å². The molecule has 34 heavy (non-hydrogen) atoms. The summed E-state index contributed by atoms with van der Waals surface area (Å²) in [6, 6.07) is 13.1. The zero-order chi connectivity index (χ0) is 25.7. The summed E-state index contributed by atoms with van der Waals surface area (Å²) in [5.74, 6) is -0.756. The van der Waals surface area contributed by atoms with E-state index in [1.807, 2.05) is 58.9 Å². The van der Waals surface area contributed by atoms with Gasteiger partial charge in [0.25, 0.3) is 0 Å². The van der Waals surface area contributed by atoms with Crippen molar-refractivity contribution < 1.29 is 18.0 Å². The Balaban J connectivity index is 2.46. The molecule has 186 valence electrons. The van der Waals surface area contributed by atoms with Gasteiger partial charge >= 0.3 is 0 Å². The second-order valence-electron chi connectivity index (χ2n) is 9.36. The summed E-state index contributed by atoms with van der Waals surface area (Å²) in [6.45, 7) is 9.12. The number of nitrogens with one attached hydrogen (secondary N) is 1. The van der Waals surface area contributed by atoms with Crippen molar-refractivity contribution in [1.29, 1.82) is 0 Å². The number of sulfonamides is 1. The monoisotopic (exact) mass is 507 g/mol. The Kier molecular flexibility index (Phi) is 9.14. The minimum Gasteiger partial charge on any atom is -0.350 e. The van der Waals surface area contributed by atoms with Gasteiger partial charge in [0.2, 0.25) is 21.8 Å². The molecule has 0 aliphatic heterocycles. The second kappa shape index (κ2) is 11.2. The fraction of sp³-hybridized carbons (Fsp3) is 0.440. The number of halogens is 1. The number of amides is 2. The number of rotatable bonds is 9. The third kappa shape index (κ3) is 7.74. The Morgan fingerprint density at radius 1 is 1.06 bits per heavy atom. The smallest absolute Gasteiger partial charge is 0.244 e. The van der Waals surface area contributed by atoms with Crippen LogP contribution in [0.2, 0.25) is 5.02 Å². The van der Waals surface area contributed by atoms with E-state index in [1.54, 1.807) is 24.3 Å². The summed E-state index contributed by atoms with van der Waals surface area (Å²) in [6.07, 6.45) is 1.42. The molecular weight excluding hydrogens is 474 g/mol. The van der Waals surface area contributed by atoms with E-state index in [0.29, 0.717) is 17.1 Å². The molecule has 0 aromatic heterocycles. The van der Waals surface area contributed by atoms with Crippen molar-refractivity contribution in [2.75, 3.05) is 17.1 Å². The number of anilines is 1. The number of hydrogen-bond donors (Lipinski definition) is 1. The highest BCUT2D eigenvalue weighted by Crippen LogP contribution is 2.22. The van der Waals surface area contributed by atoms with Crippen molar-refractivity contribution in [2.45, 2.75) is 59.2 Å². The predicted molar refractivity (Wildman–Crippen MR) is 137 cm³/mol. The minimum atomic E-state index is -3.78. The Morgan fingerprint density at radius 3 is 2.15 bits per heavy atom. The van der Waals surface area contributed by atoms with Crippen molar-refractivity contribution in [1.82, 2.24) is 10.2 Å². The summed E-state index contributed by atoms with van der Waals surface area (Å²) in [4.78, 5) is 28.3. The van der Waals surface area contributed by atoms with E-state index in [9.17, 15) is 18.0 Å². The first-order chi connectivity index (χ1) is 15.7. The van der Waals surface area contributed by atoms with Gasteiger partial charge in [0, 0.05) is 17.1 Å². The summed E-state index contributed by atoms with van der Waals surface area (Å²) in [5, 5.41) is 3.40. The molecule has 9 heteroatoms. The maximum atomic E-state index is 13.6. The van der Waals surface area contributed by atoms with E-state index in [4.69, 9.17) is 11.6 Å². The summed E-state index contributed by atoms with van der Waals surface area (Å²) < 4.78 is 26.2. The number of carbonyl (C=O) groups is 2. The van der Waals surface area contributed by atoms with Crippen molar-refractivity contribution in [3.05, 3.63) is 64.7 Å². The second-order valence-corrected chi connectivity index (χ2v) is 11.7. The Bertz CT molecular complexity index is 1110. The molecule has 2 rings (SSSR count). The van der Waals surface area contributed by atoms with Gasteiger partial charge in [-0.2, -0.15) is 0 Å². The van der Waals surface area contributed by atoms with Gasteiger partial charge < -0.3 is 10.2 Å². The number of carbonyl (C=O) groups excluding carboxylic acids is 2. The van der Waals surface area contributed by atoms with E-state index in [-0.39, 0.29) is 12.5 Å². The first-order valence-electron chi connectivity index (χ1n) is 11.1. The van der Waals surface area contributed by atoms with E-state index in [1.165, 1.54) is 4.90 Å². The average Bonchev–Trinajstić information content (AvgIpc) is 2.71. The lowest BCUT2D eigenvalue weighted by molar-refractivity contribution is -0.141. The van der Waals surface area contributed by atoms with Crippen LogP contribution in [0.4, 0.5) is 5.69 Å². The SMILES string of the molecule is CCC(C(=O)NC(C)(C)C)N(Cc1ccccc1C)C(=O)CN(c1ccc(Cl)cc1)S(C)(=O)=O. The van der Waals surface area contributed by atoms with Gasteiger partial charge in [-0.05, 0) is 69.5 Å². The first-order valence-corrected chi connectivity index (χ1v) is 13.3. The van der Waals surface area contributed by atoms with Crippen molar-refractivity contribution >= 4 is 39.1 Å². The van der Waals surface area contributed by atoms with E-state index < -0.39 is 34.1 Å². The van der Waals surface area contributed by atoms with E-state index in [0.717, 1.165) is 21.7 Å². The summed E-state index contributed by atoms with van der Waals surface area (Å²) in [5.41, 5.74) is 1.70. The highest BCUT2D eigenvalue weighted by Gasteiger charge is 2.33. The number of nitrogens with zero attached hydrogens (tertiary/aromatic N) is 2. The maximum Gasteiger partial charge on any atom is 0.244 e. The topological polar surface area (TPSA) is 86.8 Å². The van der Waals surface area contributed by atoms with Crippen LogP contribution in [0, 0.1) is 6.92 Å². The molecule has 7 nitrogen and oxygen atoms in total. The molecule has 0 aliphatic carbocycles. The quantitative estimate of drug-likeness (QED) is 0.552. The molecule has 0 heterocycles. The van der Waals surface area contributed by atoms with Crippen LogP contribution >= 0.6 is 11.6 Å². The van der Waals surface area contributed by atoms with Crippen molar-refractivity contribution in [3.8, 4) is 0 Å². The third-order valence-corrected chi connectivity index (χ3v) is 6.67. The molecule has 0 bridgehead atoms. The molecule has 0 saturated heterocycles. The van der Waals surface area contributed by atoms with Gasteiger partial charge in [0.1, 0.15) is 12.6 Å². The summed E-state index contributed by atoms with van der Waals surface area (Å²) >= 11 is 5.95. The lowest BCUT2D eigenvalue weighted by Crippen LogP contribution is -2.55. The normalized spacial score (nSPS) is 12.7. The maximum absolute atomic E-state index is 13.6.